The molecule has 1 aliphatic rings. The van der Waals surface area contributed by atoms with Crippen molar-refractivity contribution in [2.24, 2.45) is 0 Å². The van der Waals surface area contributed by atoms with Gasteiger partial charge in [0.1, 0.15) is 5.82 Å². The average molecular weight is 369 g/mol. The van der Waals surface area contributed by atoms with Crippen LogP contribution in [0, 0.1) is 5.82 Å². The first kappa shape index (κ1) is 16.7. The Hall–Kier alpha value is -2.73. The predicted octanol–water partition coefficient (Wildman–Crippen LogP) is 4.15. The van der Waals surface area contributed by atoms with E-state index in [9.17, 15) is 17.6 Å². The second-order valence-corrected chi connectivity index (χ2v) is 8.24. The molecule has 1 aliphatic heterocycles. The Morgan fingerprint density at radius 2 is 1.73 bits per heavy atom. The zero-order valence-corrected chi connectivity index (χ0v) is 14.8. The first-order chi connectivity index (χ1) is 12.4. The maximum Gasteiger partial charge on any atom is 0.264 e. The summed E-state index contributed by atoms with van der Waals surface area (Å²) >= 11 is 0. The third-order valence-corrected chi connectivity index (χ3v) is 6.59. The van der Waals surface area contributed by atoms with E-state index in [-0.39, 0.29) is 28.4 Å². The quantitative estimate of drug-likeness (QED) is 0.682. The van der Waals surface area contributed by atoms with Gasteiger partial charge in [-0.15, -0.1) is 0 Å². The Balaban J connectivity index is 1.91. The minimum atomic E-state index is -3.94. The van der Waals surface area contributed by atoms with Crippen LogP contribution in [0.4, 0.5) is 10.1 Å². The Morgan fingerprint density at radius 1 is 1.00 bits per heavy atom. The largest absolute Gasteiger partial charge is 0.294 e. The Morgan fingerprint density at radius 3 is 2.50 bits per heavy atom. The third kappa shape index (κ3) is 2.49. The number of halogens is 1. The molecule has 1 atom stereocenters. The highest BCUT2D eigenvalue weighted by Crippen LogP contribution is 2.37. The maximum atomic E-state index is 14.2. The standard InChI is InChI=1S/C20H16FNO3S/c1-13-11-19(23)20-17(21)7-4-8-18(20)22(13)26(24,25)16-10-9-14-5-2-3-6-15(14)12-16/h2-10,12-13H,11H2,1H3/t13-/m0/s1. The Kier molecular flexibility index (Phi) is 3.80. The summed E-state index contributed by atoms with van der Waals surface area (Å²) in [5, 5.41) is 1.73. The van der Waals surface area contributed by atoms with Crippen molar-refractivity contribution in [3.05, 3.63) is 72.0 Å². The highest BCUT2D eigenvalue weighted by molar-refractivity contribution is 7.92. The molecule has 3 aromatic carbocycles. The number of hydrogen-bond acceptors (Lipinski definition) is 3. The minimum absolute atomic E-state index is 0.0548. The molecule has 0 fully saturated rings. The Bertz CT molecular complexity index is 1140. The molecule has 4 nitrogen and oxygen atoms in total. The second kappa shape index (κ2) is 5.92. The summed E-state index contributed by atoms with van der Waals surface area (Å²) in [6, 6.07) is 15.8. The molecule has 1 heterocycles. The topological polar surface area (TPSA) is 54.5 Å². The molecule has 0 spiro atoms. The normalized spacial score (nSPS) is 17.4. The van der Waals surface area contributed by atoms with Gasteiger partial charge in [0.2, 0.25) is 0 Å². The van der Waals surface area contributed by atoms with Crippen LogP contribution in [0.15, 0.2) is 65.6 Å². The number of carbonyl (C=O) groups is 1. The van der Waals surface area contributed by atoms with E-state index < -0.39 is 21.9 Å². The summed E-state index contributed by atoms with van der Waals surface area (Å²) in [7, 11) is -3.94. The average Bonchev–Trinajstić information content (AvgIpc) is 2.60. The molecule has 0 saturated heterocycles. The molecule has 0 bridgehead atoms. The van der Waals surface area contributed by atoms with E-state index in [2.05, 4.69) is 0 Å². The van der Waals surface area contributed by atoms with Gasteiger partial charge in [-0.2, -0.15) is 0 Å². The molecule has 6 heteroatoms. The van der Waals surface area contributed by atoms with Gasteiger partial charge in [0.05, 0.1) is 16.1 Å². The van der Waals surface area contributed by atoms with E-state index in [1.54, 1.807) is 25.1 Å². The molecule has 0 aliphatic carbocycles. The number of rotatable bonds is 2. The monoisotopic (exact) mass is 369 g/mol. The number of ketones is 1. The van der Waals surface area contributed by atoms with Gasteiger partial charge >= 0.3 is 0 Å². The summed E-state index contributed by atoms with van der Waals surface area (Å²) in [6.07, 6.45) is -0.0548. The molecule has 0 unspecified atom stereocenters. The van der Waals surface area contributed by atoms with Crippen molar-refractivity contribution in [2.75, 3.05) is 4.31 Å². The fourth-order valence-corrected chi connectivity index (χ4v) is 5.17. The molecule has 26 heavy (non-hydrogen) atoms. The van der Waals surface area contributed by atoms with E-state index in [0.717, 1.165) is 15.1 Å². The van der Waals surface area contributed by atoms with Gasteiger partial charge in [0, 0.05) is 12.5 Å². The first-order valence-corrected chi connectivity index (χ1v) is 9.68. The molecule has 0 aromatic heterocycles. The first-order valence-electron chi connectivity index (χ1n) is 8.24. The summed E-state index contributed by atoms with van der Waals surface area (Å²) in [4.78, 5) is 12.4. The summed E-state index contributed by atoms with van der Waals surface area (Å²) in [5.41, 5.74) is -0.0585. The van der Waals surface area contributed by atoms with Gasteiger partial charge in [-0.05, 0) is 42.0 Å². The fourth-order valence-electron chi connectivity index (χ4n) is 3.47. The molecule has 4 rings (SSSR count). The van der Waals surface area contributed by atoms with Gasteiger partial charge in [-0.1, -0.05) is 36.4 Å². The number of sulfonamides is 1. The number of carbonyl (C=O) groups excluding carboxylic acids is 1. The van der Waals surface area contributed by atoms with E-state index >= 15 is 0 Å². The van der Waals surface area contributed by atoms with Crippen LogP contribution in [0.3, 0.4) is 0 Å². The molecule has 0 N–H and O–H groups in total. The molecule has 0 amide bonds. The predicted molar refractivity (Wildman–Crippen MR) is 98.4 cm³/mol. The summed E-state index contributed by atoms with van der Waals surface area (Å²) in [6.45, 7) is 1.66. The number of benzene rings is 3. The SMILES string of the molecule is C[C@H]1CC(=O)c2c(F)cccc2N1S(=O)(=O)c1ccc2ccccc2c1. The number of hydrogen-bond donors (Lipinski definition) is 0. The van der Waals surface area contributed by atoms with E-state index in [0.29, 0.717) is 0 Å². The number of nitrogens with zero attached hydrogens (tertiary/aromatic N) is 1. The van der Waals surface area contributed by atoms with Crippen molar-refractivity contribution in [3.63, 3.8) is 0 Å². The van der Waals surface area contributed by atoms with Crippen LogP contribution in [-0.2, 0) is 10.0 Å². The smallest absolute Gasteiger partial charge is 0.264 e. The lowest BCUT2D eigenvalue weighted by atomic mass is 9.97. The number of fused-ring (bicyclic) bond motifs is 2. The van der Waals surface area contributed by atoms with E-state index in [4.69, 9.17) is 0 Å². The highest BCUT2D eigenvalue weighted by atomic mass is 32.2. The van der Waals surface area contributed by atoms with E-state index in [1.165, 1.54) is 18.2 Å². The van der Waals surface area contributed by atoms with Gasteiger partial charge in [-0.25, -0.2) is 12.8 Å². The van der Waals surface area contributed by atoms with Crippen LogP contribution in [0.1, 0.15) is 23.7 Å². The lowest BCUT2D eigenvalue weighted by Crippen LogP contribution is -2.44. The molecular formula is C20H16FNO3S. The van der Waals surface area contributed by atoms with Crippen molar-refractivity contribution in [1.29, 1.82) is 0 Å². The van der Waals surface area contributed by atoms with Gasteiger partial charge in [0.25, 0.3) is 10.0 Å². The van der Waals surface area contributed by atoms with Crippen LogP contribution in [-0.4, -0.2) is 20.2 Å². The molecule has 132 valence electrons. The van der Waals surface area contributed by atoms with Crippen molar-refractivity contribution >= 4 is 32.3 Å². The van der Waals surface area contributed by atoms with Gasteiger partial charge in [0.15, 0.2) is 5.78 Å². The highest BCUT2D eigenvalue weighted by Gasteiger charge is 2.38. The van der Waals surface area contributed by atoms with Gasteiger partial charge in [-0.3, -0.25) is 9.10 Å². The fraction of sp³-hybridized carbons (Fsp3) is 0.150. The van der Waals surface area contributed by atoms with Crippen molar-refractivity contribution in [3.8, 4) is 0 Å². The van der Waals surface area contributed by atoms with Crippen molar-refractivity contribution < 1.29 is 17.6 Å². The zero-order valence-electron chi connectivity index (χ0n) is 14.0. The minimum Gasteiger partial charge on any atom is -0.294 e. The van der Waals surface area contributed by atoms with Gasteiger partial charge < -0.3 is 0 Å². The van der Waals surface area contributed by atoms with E-state index in [1.807, 2.05) is 24.3 Å². The van der Waals surface area contributed by atoms with Crippen LogP contribution in [0.25, 0.3) is 10.8 Å². The Labute approximate surface area is 150 Å². The number of anilines is 1. The van der Waals surface area contributed by atoms with Crippen molar-refractivity contribution in [1.82, 2.24) is 0 Å². The van der Waals surface area contributed by atoms with Crippen LogP contribution in [0.5, 0.6) is 0 Å². The molecule has 3 aromatic rings. The molecule has 0 saturated carbocycles. The van der Waals surface area contributed by atoms with Crippen LogP contribution < -0.4 is 4.31 Å². The number of Topliss-reactive ketones (excluding diaryl/α,β-unsaturated/α-hetero) is 1. The lowest BCUT2D eigenvalue weighted by Gasteiger charge is -2.35. The third-order valence-electron chi connectivity index (χ3n) is 4.67. The second-order valence-electron chi connectivity index (χ2n) is 6.42. The molecular weight excluding hydrogens is 353 g/mol. The maximum absolute atomic E-state index is 14.2. The summed E-state index contributed by atoms with van der Waals surface area (Å²) in [5.74, 6) is -1.08. The van der Waals surface area contributed by atoms with Crippen LogP contribution >= 0.6 is 0 Å². The zero-order chi connectivity index (χ0) is 18.5. The lowest BCUT2D eigenvalue weighted by molar-refractivity contribution is 0.0968. The summed E-state index contributed by atoms with van der Waals surface area (Å²) < 4.78 is 42.0. The molecule has 0 radical (unpaired) electrons. The van der Waals surface area contributed by atoms with Crippen molar-refractivity contribution in [2.45, 2.75) is 24.3 Å². The van der Waals surface area contributed by atoms with Crippen LogP contribution in [0.2, 0.25) is 0 Å².